The number of hydrogen-bond donors (Lipinski definition) is 1. The normalized spacial score (nSPS) is 20.3. The van der Waals surface area contributed by atoms with E-state index in [1.807, 2.05) is 6.20 Å². The summed E-state index contributed by atoms with van der Waals surface area (Å²) in [4.78, 5) is 24.2. The van der Waals surface area contributed by atoms with Crippen LogP contribution in [-0.4, -0.2) is 52.1 Å². The third-order valence-corrected chi connectivity index (χ3v) is 8.05. The average molecular weight is 535 g/mol. The summed E-state index contributed by atoms with van der Waals surface area (Å²) in [6.07, 6.45) is 6.41. The van der Waals surface area contributed by atoms with Gasteiger partial charge in [-0.25, -0.2) is 14.4 Å². The van der Waals surface area contributed by atoms with Crippen LogP contribution in [0.1, 0.15) is 59.1 Å². The van der Waals surface area contributed by atoms with Crippen LogP contribution in [0.2, 0.25) is 0 Å². The standard InChI is InChI=1S/C23H24F6N4O2S/c24-19-11-16(36(25,26,27,28)29)1-2-17(19)23(34)33-7-3-14(4-8-33)18-12-30-22-21(18)32-20(13-31-22)15-5-9-35-10-6-15/h1-2,11-15H,3-10H2,(H,30,31). The smallest absolute Gasteiger partial charge is 0.310 e. The van der Waals surface area contributed by atoms with Crippen LogP contribution in [0.5, 0.6) is 0 Å². The first-order chi connectivity index (χ1) is 16.8. The Morgan fingerprint density at radius 2 is 1.72 bits per heavy atom. The highest BCUT2D eigenvalue weighted by Crippen LogP contribution is 3.02. The van der Waals surface area contributed by atoms with Gasteiger partial charge >= 0.3 is 10.2 Å². The summed E-state index contributed by atoms with van der Waals surface area (Å²) in [6, 6.07) is 0.234. The maximum absolute atomic E-state index is 14.3. The molecule has 0 bridgehead atoms. The second-order valence-corrected chi connectivity index (χ2v) is 11.7. The van der Waals surface area contributed by atoms with Crippen molar-refractivity contribution in [2.45, 2.75) is 42.4 Å². The van der Waals surface area contributed by atoms with Gasteiger partial charge in [0.25, 0.3) is 5.91 Å². The van der Waals surface area contributed by atoms with Gasteiger partial charge in [-0.1, -0.05) is 19.4 Å². The van der Waals surface area contributed by atoms with Gasteiger partial charge < -0.3 is 14.6 Å². The van der Waals surface area contributed by atoms with E-state index >= 15 is 0 Å². The van der Waals surface area contributed by atoms with Crippen LogP contribution in [0.15, 0.2) is 35.5 Å². The Hall–Kier alpha value is -2.80. The molecule has 2 aromatic heterocycles. The highest BCUT2D eigenvalue weighted by atomic mass is 32.5. The Bertz CT molecular complexity index is 1320. The highest BCUT2D eigenvalue weighted by Gasteiger charge is 2.65. The van der Waals surface area contributed by atoms with Crippen molar-refractivity contribution in [3.63, 3.8) is 0 Å². The molecular formula is C23H24F6N4O2S. The molecule has 2 aliphatic heterocycles. The number of carbonyl (C=O) groups excluding carboxylic acids is 1. The Balaban J connectivity index is 1.30. The van der Waals surface area contributed by atoms with E-state index in [4.69, 9.17) is 9.72 Å². The van der Waals surface area contributed by atoms with E-state index in [1.54, 1.807) is 6.20 Å². The number of nitrogens with zero attached hydrogens (tertiary/aromatic N) is 3. The summed E-state index contributed by atoms with van der Waals surface area (Å²) in [6.45, 7) is 1.82. The molecule has 0 spiro atoms. The summed E-state index contributed by atoms with van der Waals surface area (Å²) in [5, 5.41) is 0. The van der Waals surface area contributed by atoms with E-state index in [1.165, 1.54) is 4.90 Å². The van der Waals surface area contributed by atoms with E-state index in [0.29, 0.717) is 37.8 Å². The van der Waals surface area contributed by atoms with Crippen molar-refractivity contribution in [2.24, 2.45) is 0 Å². The van der Waals surface area contributed by atoms with Crippen molar-refractivity contribution in [1.82, 2.24) is 19.9 Å². The minimum absolute atomic E-state index is 0.0439. The molecule has 1 N–H and O–H groups in total. The zero-order chi connectivity index (χ0) is 25.8. The maximum Gasteiger partial charge on any atom is 0.310 e. The molecule has 0 atom stereocenters. The minimum Gasteiger partial charge on any atom is -0.381 e. The van der Waals surface area contributed by atoms with Gasteiger partial charge in [0.15, 0.2) is 5.65 Å². The number of hydrogen-bond acceptors (Lipinski definition) is 4. The van der Waals surface area contributed by atoms with Crippen LogP contribution in [-0.2, 0) is 4.74 Å². The molecule has 6 nitrogen and oxygen atoms in total. The fourth-order valence-corrected chi connectivity index (χ4v) is 5.55. The zero-order valence-corrected chi connectivity index (χ0v) is 19.8. The van der Waals surface area contributed by atoms with Crippen LogP contribution in [0, 0.1) is 5.82 Å². The lowest BCUT2D eigenvalue weighted by Crippen LogP contribution is -2.38. The number of likely N-dealkylation sites (tertiary alicyclic amines) is 1. The van der Waals surface area contributed by atoms with Gasteiger partial charge in [0.1, 0.15) is 16.2 Å². The van der Waals surface area contributed by atoms with Gasteiger partial charge in [-0.15, -0.1) is 0 Å². The van der Waals surface area contributed by atoms with Gasteiger partial charge in [0.05, 0.1) is 17.5 Å². The Morgan fingerprint density at radius 3 is 2.36 bits per heavy atom. The summed E-state index contributed by atoms with van der Waals surface area (Å²) >= 11 is 0. The lowest BCUT2D eigenvalue weighted by Gasteiger charge is -2.40. The number of nitrogens with one attached hydrogen (secondary N) is 1. The van der Waals surface area contributed by atoms with Gasteiger partial charge in [-0.3, -0.25) is 4.79 Å². The lowest BCUT2D eigenvalue weighted by atomic mass is 9.90. The molecule has 0 aliphatic carbocycles. The fraction of sp³-hybridized carbons (Fsp3) is 0.435. The molecule has 196 valence electrons. The number of halogens is 6. The number of H-pyrrole nitrogens is 1. The Morgan fingerprint density at radius 1 is 1.03 bits per heavy atom. The molecule has 2 fully saturated rings. The zero-order valence-electron chi connectivity index (χ0n) is 19.0. The highest BCUT2D eigenvalue weighted by molar-refractivity contribution is 8.45. The van der Waals surface area contributed by atoms with E-state index in [2.05, 4.69) is 9.97 Å². The SMILES string of the molecule is O=C(c1ccc(S(F)(F)(F)(F)F)cc1F)N1CCC(c2c[nH]c3ncc(C4CCOCC4)nc23)CC1. The van der Waals surface area contributed by atoms with Crippen LogP contribution in [0.4, 0.5) is 23.8 Å². The number of fused-ring (bicyclic) bond motifs is 1. The molecule has 0 saturated carbocycles. The molecule has 13 heteroatoms. The second-order valence-electron chi connectivity index (χ2n) is 9.30. The third-order valence-electron chi connectivity index (χ3n) is 6.91. The van der Waals surface area contributed by atoms with Crippen LogP contribution in [0.3, 0.4) is 0 Å². The molecule has 2 saturated heterocycles. The predicted octanol–water partition coefficient (Wildman–Crippen LogP) is 6.67. The molecule has 1 aromatic carbocycles. The van der Waals surface area contributed by atoms with E-state index in [-0.39, 0.29) is 37.1 Å². The topological polar surface area (TPSA) is 71.1 Å². The molecule has 5 rings (SSSR count). The number of aromatic amines is 1. The van der Waals surface area contributed by atoms with E-state index in [9.17, 15) is 28.6 Å². The molecule has 0 unspecified atom stereocenters. The fourth-order valence-electron chi connectivity index (χ4n) is 4.90. The van der Waals surface area contributed by atoms with Gasteiger partial charge in [0.2, 0.25) is 0 Å². The number of benzene rings is 1. The van der Waals surface area contributed by atoms with Crippen molar-refractivity contribution in [2.75, 3.05) is 26.3 Å². The van der Waals surface area contributed by atoms with Crippen molar-refractivity contribution in [1.29, 1.82) is 0 Å². The van der Waals surface area contributed by atoms with Gasteiger partial charge in [0, 0.05) is 44.0 Å². The molecule has 2 aliphatic rings. The first kappa shape index (κ1) is 24.9. The summed E-state index contributed by atoms with van der Waals surface area (Å²) in [5.41, 5.74) is 2.62. The third kappa shape index (κ3) is 4.90. The first-order valence-electron chi connectivity index (χ1n) is 11.5. The molecular weight excluding hydrogens is 510 g/mol. The molecule has 1 amide bonds. The number of piperidine rings is 1. The molecule has 3 aromatic rings. The quantitative estimate of drug-likeness (QED) is 0.380. The number of amides is 1. The molecule has 36 heavy (non-hydrogen) atoms. The first-order valence-corrected chi connectivity index (χ1v) is 13.5. The molecule has 0 radical (unpaired) electrons. The maximum atomic E-state index is 14.3. The molecule has 4 heterocycles. The predicted molar refractivity (Wildman–Crippen MR) is 122 cm³/mol. The van der Waals surface area contributed by atoms with Gasteiger partial charge in [-0.2, -0.15) is 0 Å². The number of rotatable bonds is 4. The van der Waals surface area contributed by atoms with Crippen molar-refractivity contribution >= 4 is 27.3 Å². The largest absolute Gasteiger partial charge is 0.381 e. The summed E-state index contributed by atoms with van der Waals surface area (Å²) in [5.74, 6) is -2.14. The Kier molecular flexibility index (Phi) is 5.60. The van der Waals surface area contributed by atoms with E-state index in [0.717, 1.165) is 29.6 Å². The van der Waals surface area contributed by atoms with Crippen molar-refractivity contribution in [3.8, 4) is 0 Å². The summed E-state index contributed by atoms with van der Waals surface area (Å²) < 4.78 is 84.5. The average Bonchev–Trinajstić information content (AvgIpc) is 3.26. The van der Waals surface area contributed by atoms with Gasteiger partial charge in [-0.05, 0) is 49.8 Å². The second kappa shape index (κ2) is 8.10. The van der Waals surface area contributed by atoms with Crippen LogP contribution < -0.4 is 0 Å². The van der Waals surface area contributed by atoms with Crippen molar-refractivity contribution in [3.05, 3.63) is 53.2 Å². The number of aromatic nitrogens is 3. The monoisotopic (exact) mass is 534 g/mol. The summed E-state index contributed by atoms with van der Waals surface area (Å²) in [7, 11) is -10.0. The van der Waals surface area contributed by atoms with Crippen LogP contribution in [0.25, 0.3) is 11.2 Å². The minimum atomic E-state index is -10.0. The van der Waals surface area contributed by atoms with E-state index < -0.39 is 32.4 Å². The lowest BCUT2D eigenvalue weighted by molar-refractivity contribution is 0.0708. The number of ether oxygens (including phenoxy) is 1. The number of carbonyl (C=O) groups is 1. The Labute approximate surface area is 202 Å². The van der Waals surface area contributed by atoms with Crippen molar-refractivity contribution < 1.29 is 33.4 Å². The van der Waals surface area contributed by atoms with Crippen LogP contribution >= 0.6 is 10.2 Å².